The Balaban J connectivity index is 1.68. The number of aryl methyl sites for hydroxylation is 3. The van der Waals surface area contributed by atoms with Gasteiger partial charge in [-0.15, -0.1) is 0 Å². The molecule has 0 spiro atoms. The number of fused-ring (bicyclic) bond motifs is 2. The SMILES string of the molecule is Cc1ccc(S(=O)(=O)n2ccc3c(C(C)(O)c4nc5ccc(C#N)cc5n4COCC[Si](C)(C)C)c(C)cc(C)c32)cc1. The van der Waals surface area contributed by atoms with E-state index in [-0.39, 0.29) is 11.6 Å². The monoisotopic (exact) mass is 614 g/mol. The van der Waals surface area contributed by atoms with Gasteiger partial charge in [0.25, 0.3) is 10.0 Å². The molecule has 0 saturated heterocycles. The van der Waals surface area contributed by atoms with Crippen LogP contribution in [0.25, 0.3) is 21.9 Å². The standard InChI is InChI=1S/C33H38N4O4SSi/c1-22-8-11-26(12-9-22)42(39,40)37-15-14-27-30(23(2)18-24(3)31(27)37)33(4,38)32-35-28-13-10-25(20-34)19-29(28)36(32)21-41-16-17-43(5,6)7/h8-15,18-19,38H,16-17,21H2,1-7H3. The topological polar surface area (TPSA) is 110 Å². The predicted molar refractivity (Wildman–Crippen MR) is 172 cm³/mol. The molecular weight excluding hydrogens is 577 g/mol. The first-order valence-electron chi connectivity index (χ1n) is 14.3. The molecule has 2 heterocycles. The highest BCUT2D eigenvalue weighted by Gasteiger charge is 2.37. The van der Waals surface area contributed by atoms with Gasteiger partial charge in [-0.25, -0.2) is 17.4 Å². The molecule has 0 aliphatic rings. The Morgan fingerprint density at radius 3 is 2.37 bits per heavy atom. The number of hydrogen-bond acceptors (Lipinski definition) is 6. The van der Waals surface area contributed by atoms with Crippen LogP contribution in [0.1, 0.15) is 40.6 Å². The summed E-state index contributed by atoms with van der Waals surface area (Å²) in [6.45, 7) is 15.0. The molecular formula is C33H38N4O4SSi. The van der Waals surface area contributed by atoms with Crippen LogP contribution < -0.4 is 0 Å². The second-order valence-electron chi connectivity index (χ2n) is 12.7. The maximum absolute atomic E-state index is 13.8. The molecule has 1 atom stereocenters. The summed E-state index contributed by atoms with van der Waals surface area (Å²) in [6.07, 6.45) is 1.55. The van der Waals surface area contributed by atoms with Crippen LogP contribution in [0.3, 0.4) is 0 Å². The van der Waals surface area contributed by atoms with Gasteiger partial charge in [-0.1, -0.05) is 43.4 Å². The van der Waals surface area contributed by atoms with E-state index in [1.54, 1.807) is 61.7 Å². The van der Waals surface area contributed by atoms with E-state index in [9.17, 15) is 18.8 Å². The summed E-state index contributed by atoms with van der Waals surface area (Å²) in [7, 11) is -5.23. The molecule has 224 valence electrons. The van der Waals surface area contributed by atoms with E-state index in [0.29, 0.717) is 45.5 Å². The molecule has 0 aliphatic heterocycles. The predicted octanol–water partition coefficient (Wildman–Crippen LogP) is 6.59. The summed E-state index contributed by atoms with van der Waals surface area (Å²) in [4.78, 5) is 5.04. The average Bonchev–Trinajstić information content (AvgIpc) is 3.53. The molecule has 0 saturated carbocycles. The third-order valence-electron chi connectivity index (χ3n) is 7.92. The first-order valence-corrected chi connectivity index (χ1v) is 19.4. The van der Waals surface area contributed by atoms with Crippen molar-refractivity contribution in [3.8, 4) is 6.07 Å². The molecule has 3 aromatic carbocycles. The molecule has 1 unspecified atom stereocenters. The van der Waals surface area contributed by atoms with Crippen LogP contribution in [0.4, 0.5) is 0 Å². The zero-order chi connectivity index (χ0) is 31.3. The van der Waals surface area contributed by atoms with Crippen molar-refractivity contribution in [2.24, 2.45) is 0 Å². The second-order valence-corrected chi connectivity index (χ2v) is 20.1. The minimum atomic E-state index is -3.90. The van der Waals surface area contributed by atoms with Crippen molar-refractivity contribution < 1.29 is 18.3 Å². The average molecular weight is 615 g/mol. The van der Waals surface area contributed by atoms with E-state index in [0.717, 1.165) is 22.7 Å². The van der Waals surface area contributed by atoms with Gasteiger partial charge in [0.15, 0.2) is 0 Å². The Labute approximate surface area is 254 Å². The van der Waals surface area contributed by atoms with Gasteiger partial charge < -0.3 is 14.4 Å². The zero-order valence-corrected chi connectivity index (χ0v) is 27.6. The number of benzene rings is 3. The molecule has 5 rings (SSSR count). The molecule has 8 nitrogen and oxygen atoms in total. The maximum atomic E-state index is 13.8. The minimum absolute atomic E-state index is 0.151. The van der Waals surface area contributed by atoms with Crippen LogP contribution in [0.2, 0.25) is 25.7 Å². The fraction of sp³-hybridized carbons (Fsp3) is 0.333. The summed E-state index contributed by atoms with van der Waals surface area (Å²) in [5, 5.41) is 22.6. The number of rotatable bonds is 9. The van der Waals surface area contributed by atoms with Crippen LogP contribution in [0.5, 0.6) is 0 Å². The highest BCUT2D eigenvalue weighted by molar-refractivity contribution is 7.90. The third kappa shape index (κ3) is 5.66. The molecule has 0 radical (unpaired) electrons. The lowest BCUT2D eigenvalue weighted by Crippen LogP contribution is -2.30. The molecule has 43 heavy (non-hydrogen) atoms. The molecule has 0 aliphatic carbocycles. The van der Waals surface area contributed by atoms with Crippen LogP contribution in [0, 0.1) is 32.1 Å². The first kappa shape index (κ1) is 30.7. The number of ether oxygens (including phenoxy) is 1. The van der Waals surface area contributed by atoms with Gasteiger partial charge in [-0.05, 0) is 81.3 Å². The fourth-order valence-electron chi connectivity index (χ4n) is 5.69. The summed E-state index contributed by atoms with van der Waals surface area (Å²) in [6, 6.07) is 18.8. The number of imidazole rings is 1. The summed E-state index contributed by atoms with van der Waals surface area (Å²) in [5.41, 5.74) is 3.76. The summed E-state index contributed by atoms with van der Waals surface area (Å²) < 4.78 is 36.8. The van der Waals surface area contributed by atoms with Crippen LogP contribution in [-0.4, -0.2) is 41.7 Å². The van der Waals surface area contributed by atoms with E-state index < -0.39 is 23.7 Å². The molecule has 2 aromatic heterocycles. The molecule has 10 heteroatoms. The molecule has 0 amide bonds. The van der Waals surface area contributed by atoms with Crippen LogP contribution in [-0.2, 0) is 27.1 Å². The zero-order valence-electron chi connectivity index (χ0n) is 25.8. The van der Waals surface area contributed by atoms with Crippen molar-refractivity contribution in [3.05, 3.63) is 94.4 Å². The Bertz CT molecular complexity index is 1990. The van der Waals surface area contributed by atoms with Gasteiger partial charge in [-0.3, -0.25) is 0 Å². The molecule has 0 fully saturated rings. The normalized spacial score (nSPS) is 13.8. The number of nitriles is 1. The van der Waals surface area contributed by atoms with Crippen molar-refractivity contribution in [1.82, 2.24) is 13.5 Å². The smallest absolute Gasteiger partial charge is 0.268 e. The van der Waals surface area contributed by atoms with Crippen molar-refractivity contribution in [2.45, 2.75) is 70.6 Å². The fourth-order valence-corrected chi connectivity index (χ4v) is 7.86. The van der Waals surface area contributed by atoms with Crippen molar-refractivity contribution in [2.75, 3.05) is 6.61 Å². The first-order chi connectivity index (χ1) is 20.1. The van der Waals surface area contributed by atoms with Gasteiger partial charge in [0.05, 0.1) is 33.1 Å². The lowest BCUT2D eigenvalue weighted by molar-refractivity contribution is 0.0568. The number of aliphatic hydroxyl groups is 1. The lowest BCUT2D eigenvalue weighted by Gasteiger charge is -2.28. The Morgan fingerprint density at radius 1 is 1.02 bits per heavy atom. The van der Waals surface area contributed by atoms with Crippen molar-refractivity contribution in [1.29, 1.82) is 5.26 Å². The van der Waals surface area contributed by atoms with Crippen LogP contribution >= 0.6 is 0 Å². The van der Waals surface area contributed by atoms with Crippen molar-refractivity contribution in [3.63, 3.8) is 0 Å². The minimum Gasteiger partial charge on any atom is -0.377 e. The largest absolute Gasteiger partial charge is 0.377 e. The van der Waals surface area contributed by atoms with E-state index in [2.05, 4.69) is 25.7 Å². The highest BCUT2D eigenvalue weighted by Crippen LogP contribution is 2.40. The molecule has 1 N–H and O–H groups in total. The van der Waals surface area contributed by atoms with Gasteiger partial charge in [-0.2, -0.15) is 5.26 Å². The quantitative estimate of drug-likeness (QED) is 0.148. The molecule has 5 aromatic rings. The van der Waals surface area contributed by atoms with Gasteiger partial charge >= 0.3 is 0 Å². The van der Waals surface area contributed by atoms with Crippen LogP contribution in [0.15, 0.2) is 65.7 Å². The summed E-state index contributed by atoms with van der Waals surface area (Å²) >= 11 is 0. The number of nitrogens with zero attached hydrogens (tertiary/aromatic N) is 4. The molecule has 0 bridgehead atoms. The Morgan fingerprint density at radius 2 is 1.72 bits per heavy atom. The van der Waals surface area contributed by atoms with E-state index in [1.807, 2.05) is 31.4 Å². The van der Waals surface area contributed by atoms with E-state index in [4.69, 9.17) is 9.72 Å². The number of hydrogen-bond donors (Lipinski definition) is 1. The van der Waals surface area contributed by atoms with Gasteiger partial charge in [0, 0.05) is 31.8 Å². The highest BCUT2D eigenvalue weighted by atomic mass is 32.2. The van der Waals surface area contributed by atoms with E-state index >= 15 is 0 Å². The van der Waals surface area contributed by atoms with E-state index in [1.165, 1.54) is 3.97 Å². The Kier molecular flexibility index (Phi) is 7.90. The third-order valence-corrected chi connectivity index (χ3v) is 11.3. The Hall–Kier alpha value is -3.75. The van der Waals surface area contributed by atoms with Gasteiger partial charge in [0.2, 0.25) is 0 Å². The lowest BCUT2D eigenvalue weighted by atomic mass is 9.87. The second kappa shape index (κ2) is 11.1. The van der Waals surface area contributed by atoms with Crippen molar-refractivity contribution >= 4 is 40.0 Å². The maximum Gasteiger partial charge on any atom is 0.268 e. The van der Waals surface area contributed by atoms with Gasteiger partial charge in [0.1, 0.15) is 18.2 Å². The summed E-state index contributed by atoms with van der Waals surface area (Å²) in [5.74, 6) is 0.355. The number of aromatic nitrogens is 3.